The van der Waals surface area contributed by atoms with Crippen LogP contribution in [0, 0.1) is 0 Å². The number of carboxylic acids is 2. The van der Waals surface area contributed by atoms with Crippen molar-refractivity contribution < 1.29 is 46.5 Å². The maximum Gasteiger partial charge on any atom is 2.00 e. The Balaban J connectivity index is 0.000000324. The molecule has 0 spiro atoms. The average molecular weight is 315 g/mol. The summed E-state index contributed by atoms with van der Waals surface area (Å²) in [6.45, 7) is 0. The van der Waals surface area contributed by atoms with Crippen molar-refractivity contribution in [2.75, 3.05) is 0 Å². The molecule has 2 aliphatic rings. The summed E-state index contributed by atoms with van der Waals surface area (Å²) in [6, 6.07) is -1.52. The quantitative estimate of drug-likeness (QED) is 0.556. The van der Waals surface area contributed by atoms with Crippen LogP contribution < -0.4 is 15.5 Å². The van der Waals surface area contributed by atoms with Crippen LogP contribution in [0.1, 0.15) is 25.7 Å². The Morgan fingerprint density at radius 3 is 2.16 bits per heavy atom. The third-order valence-electron chi connectivity index (χ3n) is 2.50. The van der Waals surface area contributed by atoms with Crippen molar-refractivity contribution in [2.45, 2.75) is 37.8 Å². The number of rotatable bonds is 2. The second kappa shape index (κ2) is 7.74. The Bertz CT molecular complexity index is 397. The molecule has 0 bridgehead atoms. The van der Waals surface area contributed by atoms with Gasteiger partial charge in [-0.3, -0.25) is 9.79 Å². The maximum absolute atomic E-state index is 10.4. The van der Waals surface area contributed by atoms with E-state index in [4.69, 9.17) is 5.11 Å². The number of amides is 1. The van der Waals surface area contributed by atoms with Crippen LogP contribution in [0.15, 0.2) is 4.99 Å². The molecule has 2 unspecified atom stereocenters. The van der Waals surface area contributed by atoms with Crippen molar-refractivity contribution in [2.24, 2.45) is 4.99 Å². The van der Waals surface area contributed by atoms with Crippen LogP contribution in [0.3, 0.4) is 0 Å². The van der Waals surface area contributed by atoms with Crippen molar-refractivity contribution in [1.29, 1.82) is 0 Å². The zero-order valence-corrected chi connectivity index (χ0v) is 10.8. The van der Waals surface area contributed by atoms with E-state index >= 15 is 0 Å². The van der Waals surface area contributed by atoms with Gasteiger partial charge in [0.2, 0.25) is 5.91 Å². The Labute approximate surface area is 119 Å². The van der Waals surface area contributed by atoms with Gasteiger partial charge < -0.3 is 25.4 Å². The van der Waals surface area contributed by atoms with E-state index in [0.29, 0.717) is 19.3 Å². The number of hydrogen-bond acceptors (Lipinski definition) is 6. The van der Waals surface area contributed by atoms with E-state index in [-0.39, 0.29) is 35.0 Å². The average Bonchev–Trinajstić information content (AvgIpc) is 2.88. The molecule has 1 saturated heterocycles. The predicted molar refractivity (Wildman–Crippen MR) is 54.3 cm³/mol. The molecule has 0 aliphatic carbocycles. The van der Waals surface area contributed by atoms with E-state index in [1.807, 2.05) is 0 Å². The van der Waals surface area contributed by atoms with Gasteiger partial charge in [0.15, 0.2) is 0 Å². The molecule has 2 rings (SSSR count). The summed E-state index contributed by atoms with van der Waals surface area (Å²) in [5.74, 6) is -2.69. The smallest absolute Gasteiger partial charge is 0.862 e. The Morgan fingerprint density at radius 1 is 1.32 bits per heavy atom. The molecule has 0 aromatic carbocycles. The minimum Gasteiger partial charge on any atom is -0.862 e. The van der Waals surface area contributed by atoms with Crippen molar-refractivity contribution >= 4 is 23.7 Å². The Kier molecular flexibility index (Phi) is 7.08. The van der Waals surface area contributed by atoms with E-state index in [2.05, 4.69) is 10.3 Å². The summed E-state index contributed by atoms with van der Waals surface area (Å²) in [6.07, 6.45) is 1.32. The summed E-state index contributed by atoms with van der Waals surface area (Å²) < 4.78 is 0. The van der Waals surface area contributed by atoms with Crippen LogP contribution >= 0.6 is 0 Å². The number of nitrogens with zero attached hydrogens (tertiary/aromatic N) is 1. The normalized spacial score (nSPS) is 24.4. The first-order chi connectivity index (χ1) is 8.40. The molecule has 1 amide bonds. The Hall–Kier alpha value is -1.61. The van der Waals surface area contributed by atoms with Crippen LogP contribution in [0.2, 0.25) is 0 Å². The molecule has 8 nitrogen and oxygen atoms in total. The molecule has 1 fully saturated rings. The summed E-state index contributed by atoms with van der Waals surface area (Å²) in [5.41, 5.74) is 0. The fourth-order valence-electron chi connectivity index (χ4n) is 1.53. The maximum atomic E-state index is 10.4. The first-order valence-electron chi connectivity index (χ1n) is 5.37. The minimum atomic E-state index is -1.25. The third kappa shape index (κ3) is 5.70. The molecule has 0 aromatic heterocycles. The monoisotopic (exact) mass is 315 g/mol. The SMILES string of the molecule is O=C([O-])C1CCC([O-])=N1.O=C1CCC(C(=O)O)N1.[Co+2]. The molecule has 0 saturated carbocycles. The van der Waals surface area contributed by atoms with E-state index in [1.54, 1.807) is 0 Å². The molecular weight excluding hydrogens is 303 g/mol. The zero-order chi connectivity index (χ0) is 13.7. The van der Waals surface area contributed by atoms with Crippen LogP contribution in [0.5, 0.6) is 0 Å². The van der Waals surface area contributed by atoms with Crippen molar-refractivity contribution in [3.8, 4) is 0 Å². The molecule has 2 N–H and O–H groups in total. The van der Waals surface area contributed by atoms with E-state index in [1.165, 1.54) is 0 Å². The number of aliphatic carboxylic acids is 2. The first kappa shape index (κ1) is 17.4. The number of hydrogen-bond donors (Lipinski definition) is 2. The minimum absolute atomic E-state index is 0. The molecular formula is C10H12CoN2O6. The number of nitrogens with one attached hydrogen (secondary N) is 1. The Morgan fingerprint density at radius 2 is 1.95 bits per heavy atom. The predicted octanol–water partition coefficient (Wildman–Crippen LogP) is -3.00. The summed E-state index contributed by atoms with van der Waals surface area (Å²) >= 11 is 0. The van der Waals surface area contributed by atoms with Crippen LogP contribution in [0.25, 0.3) is 0 Å². The summed E-state index contributed by atoms with van der Waals surface area (Å²) in [7, 11) is 0. The van der Waals surface area contributed by atoms with E-state index in [9.17, 15) is 24.6 Å². The fraction of sp³-hybridized carbons (Fsp3) is 0.600. The van der Waals surface area contributed by atoms with Gasteiger partial charge in [-0.25, -0.2) is 4.79 Å². The number of carbonyl (C=O) groups is 3. The van der Waals surface area contributed by atoms with Crippen molar-refractivity contribution in [3.63, 3.8) is 0 Å². The molecule has 2 atom stereocenters. The van der Waals surface area contributed by atoms with Gasteiger partial charge in [0.05, 0.1) is 12.0 Å². The molecule has 2 aliphatic heterocycles. The van der Waals surface area contributed by atoms with Gasteiger partial charge in [0, 0.05) is 6.42 Å². The largest absolute Gasteiger partial charge is 2.00 e. The zero-order valence-electron chi connectivity index (χ0n) is 9.75. The van der Waals surface area contributed by atoms with Gasteiger partial charge >= 0.3 is 22.7 Å². The molecule has 107 valence electrons. The molecule has 0 aromatic rings. The van der Waals surface area contributed by atoms with Crippen molar-refractivity contribution in [1.82, 2.24) is 5.32 Å². The van der Waals surface area contributed by atoms with Gasteiger partial charge in [-0.15, -0.1) is 0 Å². The number of carbonyl (C=O) groups excluding carboxylic acids is 2. The van der Waals surface area contributed by atoms with Gasteiger partial charge in [-0.1, -0.05) is 0 Å². The van der Waals surface area contributed by atoms with Crippen LogP contribution in [-0.4, -0.2) is 40.9 Å². The topological polar surface area (TPSA) is 142 Å². The molecule has 9 heteroatoms. The van der Waals surface area contributed by atoms with Crippen LogP contribution in [-0.2, 0) is 31.2 Å². The second-order valence-electron chi connectivity index (χ2n) is 3.89. The van der Waals surface area contributed by atoms with Crippen LogP contribution in [0.4, 0.5) is 0 Å². The summed E-state index contributed by atoms with van der Waals surface area (Å²) in [4.78, 5) is 33.8. The summed E-state index contributed by atoms with van der Waals surface area (Å²) in [5, 5.41) is 30.9. The molecule has 2 heterocycles. The number of carboxylic acid groups (broad SMARTS) is 2. The molecule has 1 radical (unpaired) electrons. The molecule has 19 heavy (non-hydrogen) atoms. The van der Waals surface area contributed by atoms with Crippen molar-refractivity contribution in [3.05, 3.63) is 0 Å². The third-order valence-corrected chi connectivity index (χ3v) is 2.50. The van der Waals surface area contributed by atoms with E-state index in [0.717, 1.165) is 0 Å². The fourth-order valence-corrected chi connectivity index (χ4v) is 1.53. The first-order valence-corrected chi connectivity index (χ1v) is 5.37. The van der Waals surface area contributed by atoms with Gasteiger partial charge in [0.1, 0.15) is 6.04 Å². The van der Waals surface area contributed by atoms with Gasteiger partial charge in [-0.2, -0.15) is 0 Å². The number of aliphatic imine (C=N–C) groups is 1. The van der Waals surface area contributed by atoms with Gasteiger partial charge in [0.25, 0.3) is 0 Å². The van der Waals surface area contributed by atoms with Gasteiger partial charge in [-0.05, 0) is 25.2 Å². The second-order valence-corrected chi connectivity index (χ2v) is 3.89. The van der Waals surface area contributed by atoms with E-state index < -0.39 is 24.0 Å². The standard InChI is InChI=1S/2C5H7NO3.Co/c2*7-4-2-1-3(6-4)5(8)9;/h2*3H,1-2H2,(H,6,7)(H,8,9);/q;;+2/p-2.